The Morgan fingerprint density at radius 3 is 2.83 bits per heavy atom. The number of esters is 1. The second-order valence-electron chi connectivity index (χ2n) is 6.44. The van der Waals surface area contributed by atoms with Gasteiger partial charge >= 0.3 is 5.97 Å². The van der Waals surface area contributed by atoms with E-state index in [1.54, 1.807) is 31.2 Å². The zero-order chi connectivity index (χ0) is 20.8. The van der Waals surface area contributed by atoms with Crippen LogP contribution in [0.1, 0.15) is 47.5 Å². The molecule has 0 radical (unpaired) electrons. The summed E-state index contributed by atoms with van der Waals surface area (Å²) in [5, 5.41) is 6.94. The van der Waals surface area contributed by atoms with Crippen molar-refractivity contribution in [2.75, 3.05) is 25.3 Å². The average Bonchev–Trinajstić information content (AvgIpc) is 3.32. The normalized spacial score (nSPS) is 12.4. The van der Waals surface area contributed by atoms with Crippen LogP contribution in [0.25, 0.3) is 0 Å². The summed E-state index contributed by atoms with van der Waals surface area (Å²) >= 11 is 1.35. The summed E-state index contributed by atoms with van der Waals surface area (Å²) in [6.45, 7) is 5.93. The minimum atomic E-state index is -0.465. The van der Waals surface area contributed by atoms with Crippen LogP contribution in [0.3, 0.4) is 0 Å². The molecular formula is C20H22N2O6S. The van der Waals surface area contributed by atoms with Gasteiger partial charge in [-0.05, 0) is 37.1 Å². The molecule has 2 aromatic rings. The molecule has 154 valence electrons. The fourth-order valence-corrected chi connectivity index (χ4v) is 3.56. The summed E-state index contributed by atoms with van der Waals surface area (Å²) in [4.78, 5) is 30.4. The number of carbonyl (C=O) groups is 2. The molecule has 29 heavy (non-hydrogen) atoms. The van der Waals surface area contributed by atoms with Gasteiger partial charge in [0.05, 0.1) is 18.4 Å². The van der Waals surface area contributed by atoms with Gasteiger partial charge in [0.15, 0.2) is 18.1 Å². The van der Waals surface area contributed by atoms with Gasteiger partial charge in [0, 0.05) is 10.4 Å². The Hall–Kier alpha value is -3.07. The quantitative estimate of drug-likeness (QED) is 0.398. The van der Waals surface area contributed by atoms with Gasteiger partial charge < -0.3 is 24.4 Å². The first kappa shape index (κ1) is 20.7. The second kappa shape index (κ2) is 9.42. The highest BCUT2D eigenvalue weighted by atomic mass is 32.1. The molecule has 1 aliphatic rings. The molecule has 3 rings (SSSR count). The third kappa shape index (κ3) is 5.26. The number of carbonyl (C=O) groups excluding carboxylic acids is 2. The van der Waals surface area contributed by atoms with Crippen LogP contribution >= 0.6 is 11.3 Å². The molecule has 0 atom stereocenters. The number of thiophene rings is 1. The van der Waals surface area contributed by atoms with Gasteiger partial charge in [-0.25, -0.2) is 4.79 Å². The van der Waals surface area contributed by atoms with Crippen molar-refractivity contribution in [2.24, 2.45) is 5.16 Å². The predicted molar refractivity (Wildman–Crippen MR) is 109 cm³/mol. The first-order valence-electron chi connectivity index (χ1n) is 9.13. The molecule has 1 aromatic heterocycles. The van der Waals surface area contributed by atoms with E-state index in [0.29, 0.717) is 22.1 Å². The lowest BCUT2D eigenvalue weighted by Gasteiger charge is -2.05. The van der Waals surface area contributed by atoms with Crippen LogP contribution in [-0.4, -0.2) is 38.1 Å². The molecule has 8 nitrogen and oxygen atoms in total. The molecule has 0 unspecified atom stereocenters. The topological polar surface area (TPSA) is 95.5 Å². The summed E-state index contributed by atoms with van der Waals surface area (Å²) in [5.41, 5.74) is 1.09. The van der Waals surface area contributed by atoms with Crippen LogP contribution in [0, 0.1) is 0 Å². The molecule has 0 bridgehead atoms. The standard InChI is InChI=1S/C20H22N2O6S/c1-4-25-20(24)14-8-17(12(2)3)29-19(14)22-18(23)10-28-21-9-13-5-6-15-16(7-13)27-11-26-15/h5-9,12H,4,10-11H2,1-3H3,(H,22,23). The van der Waals surface area contributed by atoms with Gasteiger partial charge in [-0.3, -0.25) is 4.79 Å². The van der Waals surface area contributed by atoms with E-state index in [9.17, 15) is 9.59 Å². The summed E-state index contributed by atoms with van der Waals surface area (Å²) in [6, 6.07) is 7.09. The minimum absolute atomic E-state index is 0.196. The molecule has 9 heteroatoms. The molecule has 1 amide bonds. The number of nitrogens with zero attached hydrogens (tertiary/aromatic N) is 1. The smallest absolute Gasteiger partial charge is 0.341 e. The highest BCUT2D eigenvalue weighted by molar-refractivity contribution is 7.16. The Kier molecular flexibility index (Phi) is 6.71. The van der Waals surface area contributed by atoms with E-state index < -0.39 is 11.9 Å². The number of fused-ring (bicyclic) bond motifs is 1. The van der Waals surface area contributed by atoms with Gasteiger partial charge in [0.25, 0.3) is 5.91 Å². The first-order valence-corrected chi connectivity index (χ1v) is 9.95. The maximum atomic E-state index is 12.2. The second-order valence-corrected chi connectivity index (χ2v) is 7.52. The Morgan fingerprint density at radius 1 is 1.28 bits per heavy atom. The predicted octanol–water partition coefficient (Wildman–Crippen LogP) is 3.77. The molecule has 0 aliphatic carbocycles. The number of hydrogen-bond donors (Lipinski definition) is 1. The molecule has 1 N–H and O–H groups in total. The Labute approximate surface area is 172 Å². The van der Waals surface area contributed by atoms with Crippen molar-refractivity contribution >= 4 is 34.4 Å². The third-order valence-corrected chi connectivity index (χ3v) is 5.29. The van der Waals surface area contributed by atoms with Crippen molar-refractivity contribution in [1.82, 2.24) is 0 Å². The number of nitrogens with one attached hydrogen (secondary N) is 1. The zero-order valence-corrected chi connectivity index (χ0v) is 17.2. The fraction of sp³-hybridized carbons (Fsp3) is 0.350. The monoisotopic (exact) mass is 418 g/mol. The summed E-state index contributed by atoms with van der Waals surface area (Å²) < 4.78 is 15.6. The van der Waals surface area contributed by atoms with E-state index in [0.717, 1.165) is 10.4 Å². The molecule has 2 heterocycles. The molecule has 0 fully saturated rings. The average molecular weight is 418 g/mol. The Balaban J connectivity index is 1.57. The number of oxime groups is 1. The lowest BCUT2D eigenvalue weighted by molar-refractivity contribution is -0.120. The largest absolute Gasteiger partial charge is 0.462 e. The number of rotatable bonds is 8. The van der Waals surface area contributed by atoms with E-state index in [4.69, 9.17) is 19.0 Å². The number of ether oxygens (including phenoxy) is 3. The molecule has 0 saturated heterocycles. The highest BCUT2D eigenvalue weighted by Crippen LogP contribution is 2.33. The SMILES string of the molecule is CCOC(=O)c1cc(C(C)C)sc1NC(=O)CON=Cc1ccc2c(c1)OCO2. The highest BCUT2D eigenvalue weighted by Gasteiger charge is 2.20. The zero-order valence-electron chi connectivity index (χ0n) is 16.4. The van der Waals surface area contributed by atoms with Crippen LogP contribution in [0.5, 0.6) is 11.5 Å². The van der Waals surface area contributed by atoms with E-state index in [1.807, 2.05) is 13.8 Å². The van der Waals surface area contributed by atoms with Crippen molar-refractivity contribution in [3.05, 3.63) is 40.3 Å². The van der Waals surface area contributed by atoms with Gasteiger partial charge in [-0.2, -0.15) is 0 Å². The first-order chi connectivity index (χ1) is 14.0. The van der Waals surface area contributed by atoms with Gasteiger partial charge in [-0.15, -0.1) is 11.3 Å². The number of benzene rings is 1. The van der Waals surface area contributed by atoms with Gasteiger partial charge in [0.1, 0.15) is 5.00 Å². The number of anilines is 1. The molecule has 0 saturated carbocycles. The lowest BCUT2D eigenvalue weighted by Crippen LogP contribution is -2.18. The Bertz CT molecular complexity index is 922. The van der Waals surface area contributed by atoms with Crippen molar-refractivity contribution in [1.29, 1.82) is 0 Å². The number of hydrogen-bond acceptors (Lipinski definition) is 8. The molecule has 1 aromatic carbocycles. The van der Waals surface area contributed by atoms with Crippen LogP contribution in [0.4, 0.5) is 5.00 Å². The van der Waals surface area contributed by atoms with Crippen molar-refractivity contribution < 1.29 is 28.6 Å². The summed E-state index contributed by atoms with van der Waals surface area (Å²) in [7, 11) is 0. The molecule has 1 aliphatic heterocycles. The Morgan fingerprint density at radius 2 is 2.07 bits per heavy atom. The van der Waals surface area contributed by atoms with Crippen LogP contribution < -0.4 is 14.8 Å². The minimum Gasteiger partial charge on any atom is -0.462 e. The summed E-state index contributed by atoms with van der Waals surface area (Å²) in [6.07, 6.45) is 1.47. The van der Waals surface area contributed by atoms with Crippen molar-refractivity contribution in [2.45, 2.75) is 26.7 Å². The van der Waals surface area contributed by atoms with Crippen molar-refractivity contribution in [3.63, 3.8) is 0 Å². The van der Waals surface area contributed by atoms with E-state index >= 15 is 0 Å². The van der Waals surface area contributed by atoms with E-state index in [1.165, 1.54) is 17.6 Å². The molecule has 0 spiro atoms. The maximum absolute atomic E-state index is 12.2. The van der Waals surface area contributed by atoms with Gasteiger partial charge in [0.2, 0.25) is 6.79 Å². The van der Waals surface area contributed by atoms with Gasteiger partial charge in [-0.1, -0.05) is 19.0 Å². The van der Waals surface area contributed by atoms with Crippen LogP contribution in [-0.2, 0) is 14.4 Å². The van der Waals surface area contributed by atoms with E-state index in [-0.39, 0.29) is 25.9 Å². The van der Waals surface area contributed by atoms with Crippen LogP contribution in [0.2, 0.25) is 0 Å². The van der Waals surface area contributed by atoms with Crippen LogP contribution in [0.15, 0.2) is 29.4 Å². The van der Waals surface area contributed by atoms with Crippen molar-refractivity contribution in [3.8, 4) is 11.5 Å². The maximum Gasteiger partial charge on any atom is 0.341 e. The molecular weight excluding hydrogens is 396 g/mol. The summed E-state index contributed by atoms with van der Waals surface area (Å²) in [5.74, 6) is 0.651. The lowest BCUT2D eigenvalue weighted by atomic mass is 10.1. The van der Waals surface area contributed by atoms with E-state index in [2.05, 4.69) is 10.5 Å². The third-order valence-electron chi connectivity index (χ3n) is 3.94. The number of amides is 1. The fourth-order valence-electron chi connectivity index (χ4n) is 2.50.